The predicted molar refractivity (Wildman–Crippen MR) is 60.3 cm³/mol. The fourth-order valence-electron chi connectivity index (χ4n) is 1.19. The number of halogens is 1. The van der Waals surface area contributed by atoms with Gasteiger partial charge in [0.15, 0.2) is 0 Å². The van der Waals surface area contributed by atoms with Gasteiger partial charge in [0, 0.05) is 5.69 Å². The van der Waals surface area contributed by atoms with E-state index in [4.69, 9.17) is 10.8 Å². The minimum absolute atomic E-state index is 0.206. The molecule has 1 atom stereocenters. The lowest BCUT2D eigenvalue weighted by molar-refractivity contribution is -0.117. The molecule has 92 valence electrons. The van der Waals surface area contributed by atoms with E-state index < -0.39 is 29.3 Å². The van der Waals surface area contributed by atoms with Gasteiger partial charge in [-0.15, -0.1) is 0 Å². The van der Waals surface area contributed by atoms with Crippen LogP contribution in [-0.2, 0) is 4.79 Å². The first kappa shape index (κ1) is 13.1. The largest absolute Gasteiger partial charge is 0.478 e. The van der Waals surface area contributed by atoms with E-state index >= 15 is 0 Å². The van der Waals surface area contributed by atoms with Crippen LogP contribution in [0.15, 0.2) is 18.2 Å². The second-order valence-electron chi connectivity index (χ2n) is 3.50. The topological polar surface area (TPSA) is 92.4 Å². The third kappa shape index (κ3) is 3.25. The molecule has 5 nitrogen and oxygen atoms in total. The Hall–Kier alpha value is -1.95. The molecule has 1 aromatic rings. The third-order valence-electron chi connectivity index (χ3n) is 2.24. The number of anilines is 1. The molecule has 0 aliphatic rings. The van der Waals surface area contributed by atoms with Gasteiger partial charge >= 0.3 is 5.97 Å². The molecule has 0 aromatic heterocycles. The summed E-state index contributed by atoms with van der Waals surface area (Å²) in [6, 6.07) is 2.64. The van der Waals surface area contributed by atoms with Crippen molar-refractivity contribution in [2.24, 2.45) is 5.73 Å². The Morgan fingerprint density at radius 3 is 2.71 bits per heavy atom. The maximum absolute atomic E-state index is 13.1. The minimum atomic E-state index is -1.39. The quantitative estimate of drug-likeness (QED) is 0.737. The fourth-order valence-corrected chi connectivity index (χ4v) is 1.19. The number of rotatable bonds is 4. The van der Waals surface area contributed by atoms with E-state index in [0.717, 1.165) is 12.1 Å². The molecule has 1 unspecified atom stereocenters. The summed E-state index contributed by atoms with van der Waals surface area (Å²) in [6.45, 7) is 1.75. The number of hydrogen-bond donors (Lipinski definition) is 3. The lowest BCUT2D eigenvalue weighted by Gasteiger charge is -2.10. The first-order valence-electron chi connectivity index (χ1n) is 5.05. The number of nitrogens with two attached hydrogens (primary N) is 1. The Morgan fingerprint density at radius 2 is 2.18 bits per heavy atom. The summed E-state index contributed by atoms with van der Waals surface area (Å²) in [5.74, 6) is -2.68. The van der Waals surface area contributed by atoms with Crippen molar-refractivity contribution in [3.63, 3.8) is 0 Å². The van der Waals surface area contributed by atoms with E-state index in [9.17, 15) is 14.0 Å². The summed E-state index contributed by atoms with van der Waals surface area (Å²) in [7, 11) is 0. The third-order valence-corrected chi connectivity index (χ3v) is 2.24. The molecule has 1 amide bonds. The van der Waals surface area contributed by atoms with Crippen molar-refractivity contribution in [1.82, 2.24) is 0 Å². The van der Waals surface area contributed by atoms with Gasteiger partial charge in [-0.3, -0.25) is 4.79 Å². The number of benzene rings is 1. The van der Waals surface area contributed by atoms with E-state index in [0.29, 0.717) is 6.42 Å². The van der Waals surface area contributed by atoms with Gasteiger partial charge in [-0.1, -0.05) is 6.92 Å². The van der Waals surface area contributed by atoms with Crippen LogP contribution in [0.5, 0.6) is 0 Å². The van der Waals surface area contributed by atoms with Gasteiger partial charge < -0.3 is 16.2 Å². The number of carboxylic acid groups (broad SMARTS) is 1. The van der Waals surface area contributed by atoms with Gasteiger partial charge in [-0.2, -0.15) is 0 Å². The van der Waals surface area contributed by atoms with Gasteiger partial charge in [0.2, 0.25) is 5.91 Å². The average Bonchev–Trinajstić information content (AvgIpc) is 2.30. The normalized spacial score (nSPS) is 11.9. The molecule has 4 N–H and O–H groups in total. The summed E-state index contributed by atoms with van der Waals surface area (Å²) in [5, 5.41) is 11.1. The van der Waals surface area contributed by atoms with E-state index in [-0.39, 0.29) is 5.69 Å². The smallest absolute Gasteiger partial charge is 0.338 e. The van der Waals surface area contributed by atoms with Crippen LogP contribution in [-0.4, -0.2) is 23.0 Å². The van der Waals surface area contributed by atoms with E-state index in [2.05, 4.69) is 5.32 Å². The van der Waals surface area contributed by atoms with Crippen LogP contribution in [0.2, 0.25) is 0 Å². The van der Waals surface area contributed by atoms with Crippen LogP contribution in [0.1, 0.15) is 23.7 Å². The van der Waals surface area contributed by atoms with Gasteiger partial charge in [-0.05, 0) is 24.6 Å². The van der Waals surface area contributed by atoms with Crippen LogP contribution in [0.3, 0.4) is 0 Å². The molecule has 0 spiro atoms. The fraction of sp³-hybridized carbons (Fsp3) is 0.273. The van der Waals surface area contributed by atoms with Crippen molar-refractivity contribution in [2.45, 2.75) is 19.4 Å². The zero-order valence-corrected chi connectivity index (χ0v) is 9.24. The maximum atomic E-state index is 13.1. The highest BCUT2D eigenvalue weighted by atomic mass is 19.1. The van der Waals surface area contributed by atoms with Gasteiger partial charge in [-0.25, -0.2) is 9.18 Å². The molecule has 1 rings (SSSR count). The first-order chi connectivity index (χ1) is 7.95. The summed E-state index contributed by atoms with van der Waals surface area (Å²) in [4.78, 5) is 22.1. The van der Waals surface area contributed by atoms with Gasteiger partial charge in [0.05, 0.1) is 11.6 Å². The van der Waals surface area contributed by atoms with Crippen molar-refractivity contribution in [3.8, 4) is 0 Å². The number of carboxylic acids is 1. The van der Waals surface area contributed by atoms with Crippen LogP contribution < -0.4 is 11.1 Å². The Balaban J connectivity index is 2.90. The van der Waals surface area contributed by atoms with Gasteiger partial charge in [0.1, 0.15) is 5.82 Å². The van der Waals surface area contributed by atoms with E-state index in [1.165, 1.54) is 6.07 Å². The standard InChI is InChI=1S/C11H13FN2O3/c1-2-9(13)10(15)14-6-3-4-8(12)7(5-6)11(16)17/h3-5,9H,2,13H2,1H3,(H,14,15)(H,16,17). The van der Waals surface area contributed by atoms with Crippen molar-refractivity contribution in [1.29, 1.82) is 0 Å². The maximum Gasteiger partial charge on any atom is 0.338 e. The molecule has 0 aliphatic carbocycles. The molecular formula is C11H13FN2O3. The average molecular weight is 240 g/mol. The monoisotopic (exact) mass is 240 g/mol. The second-order valence-corrected chi connectivity index (χ2v) is 3.50. The molecular weight excluding hydrogens is 227 g/mol. The minimum Gasteiger partial charge on any atom is -0.478 e. The number of amides is 1. The summed E-state index contributed by atoms with van der Waals surface area (Å²) in [6.07, 6.45) is 0.457. The predicted octanol–water partition coefficient (Wildman–Crippen LogP) is 1.20. The lowest BCUT2D eigenvalue weighted by atomic mass is 10.1. The highest BCUT2D eigenvalue weighted by Crippen LogP contribution is 2.15. The summed E-state index contributed by atoms with van der Waals surface area (Å²) >= 11 is 0. The highest BCUT2D eigenvalue weighted by molar-refractivity contribution is 5.96. The number of hydrogen-bond acceptors (Lipinski definition) is 3. The van der Waals surface area contributed by atoms with Crippen molar-refractivity contribution in [2.75, 3.05) is 5.32 Å². The summed E-state index contributed by atoms with van der Waals surface area (Å²) in [5.41, 5.74) is 5.20. The lowest BCUT2D eigenvalue weighted by Crippen LogP contribution is -2.34. The zero-order chi connectivity index (χ0) is 13.0. The van der Waals surface area contributed by atoms with E-state index in [1.807, 2.05) is 0 Å². The number of nitrogens with one attached hydrogen (secondary N) is 1. The molecule has 1 aromatic carbocycles. The van der Waals surface area contributed by atoms with Crippen molar-refractivity contribution >= 4 is 17.6 Å². The number of carbonyl (C=O) groups excluding carboxylic acids is 1. The molecule has 0 aliphatic heterocycles. The molecule has 0 bridgehead atoms. The highest BCUT2D eigenvalue weighted by Gasteiger charge is 2.14. The second kappa shape index (κ2) is 5.40. The van der Waals surface area contributed by atoms with Crippen LogP contribution in [0.25, 0.3) is 0 Å². The Bertz CT molecular complexity index is 448. The molecule has 0 fully saturated rings. The summed E-state index contributed by atoms with van der Waals surface area (Å²) < 4.78 is 13.1. The first-order valence-corrected chi connectivity index (χ1v) is 5.05. The van der Waals surface area contributed by atoms with Crippen LogP contribution in [0.4, 0.5) is 10.1 Å². The van der Waals surface area contributed by atoms with Gasteiger partial charge in [0.25, 0.3) is 0 Å². The SMILES string of the molecule is CCC(N)C(=O)Nc1ccc(F)c(C(=O)O)c1. The molecule has 0 saturated carbocycles. The molecule has 6 heteroatoms. The van der Waals surface area contributed by atoms with E-state index in [1.54, 1.807) is 6.92 Å². The molecule has 0 heterocycles. The molecule has 17 heavy (non-hydrogen) atoms. The van der Waals surface area contributed by atoms with Crippen molar-refractivity contribution < 1.29 is 19.1 Å². The Labute approximate surface area is 97.4 Å². The Morgan fingerprint density at radius 1 is 1.53 bits per heavy atom. The number of aromatic carboxylic acids is 1. The van der Waals surface area contributed by atoms with Crippen LogP contribution in [0, 0.1) is 5.82 Å². The molecule has 0 radical (unpaired) electrons. The Kier molecular flexibility index (Phi) is 4.17. The molecule has 0 saturated heterocycles. The number of carbonyl (C=O) groups is 2. The van der Waals surface area contributed by atoms with Crippen molar-refractivity contribution in [3.05, 3.63) is 29.6 Å². The van der Waals surface area contributed by atoms with Crippen LogP contribution >= 0.6 is 0 Å². The zero-order valence-electron chi connectivity index (χ0n) is 9.24.